The van der Waals surface area contributed by atoms with Gasteiger partial charge in [-0.05, 0) is 79.8 Å². The van der Waals surface area contributed by atoms with Gasteiger partial charge in [0.1, 0.15) is 5.69 Å². The molecule has 0 bridgehead atoms. The number of hydrogen-bond acceptors (Lipinski definition) is 4. The molecule has 37 heavy (non-hydrogen) atoms. The lowest BCUT2D eigenvalue weighted by atomic mass is 9.98. The number of hydrogen-bond donors (Lipinski definition) is 2. The molecule has 192 valence electrons. The number of carbonyl (C=O) groups is 1. The first-order chi connectivity index (χ1) is 17.9. The molecule has 1 aromatic heterocycles. The van der Waals surface area contributed by atoms with E-state index in [1.807, 2.05) is 64.5 Å². The van der Waals surface area contributed by atoms with E-state index < -0.39 is 0 Å². The van der Waals surface area contributed by atoms with E-state index in [1.165, 1.54) is 11.3 Å². The molecular formula is C30H33ClN4OS. The van der Waals surface area contributed by atoms with Crippen LogP contribution in [0, 0.1) is 13.8 Å². The van der Waals surface area contributed by atoms with E-state index in [2.05, 4.69) is 37.4 Å². The van der Waals surface area contributed by atoms with Crippen LogP contribution >= 0.6 is 22.9 Å². The maximum absolute atomic E-state index is 13.7. The minimum absolute atomic E-state index is 0.138. The van der Waals surface area contributed by atoms with Crippen LogP contribution in [0.25, 0.3) is 0 Å². The van der Waals surface area contributed by atoms with Gasteiger partial charge in [-0.1, -0.05) is 66.6 Å². The second-order valence-electron chi connectivity index (χ2n) is 9.23. The van der Waals surface area contributed by atoms with Crippen LogP contribution in [0.5, 0.6) is 0 Å². The highest BCUT2D eigenvalue weighted by Gasteiger charge is 2.21. The summed E-state index contributed by atoms with van der Waals surface area (Å²) in [5.41, 5.74) is 11.5. The van der Waals surface area contributed by atoms with Gasteiger partial charge in [0.25, 0.3) is 5.91 Å². The highest BCUT2D eigenvalue weighted by molar-refractivity contribution is 7.07. The Hall–Kier alpha value is -3.19. The molecule has 4 rings (SSSR count). The van der Waals surface area contributed by atoms with Gasteiger partial charge >= 0.3 is 0 Å². The standard InChI is InChI=1S/C30H33ClN4OS/c1-21-17-22(2)19-26(18-21)33-30-35(16-8-4-7-15-32)27(20-37-30)29(36)34-28(23-9-5-3-6-10-23)24-11-13-25(31)14-12-24/h3,5-6,9-14,17-20,28H,4,7-8,15-16,32H2,1-2H3,(H,34,36). The van der Waals surface area contributed by atoms with Gasteiger partial charge < -0.3 is 15.6 Å². The highest BCUT2D eigenvalue weighted by Crippen LogP contribution is 2.24. The number of rotatable bonds is 10. The maximum atomic E-state index is 13.7. The normalized spacial score (nSPS) is 12.5. The highest BCUT2D eigenvalue weighted by atomic mass is 35.5. The van der Waals surface area contributed by atoms with Crippen molar-refractivity contribution in [1.82, 2.24) is 9.88 Å². The van der Waals surface area contributed by atoms with Gasteiger partial charge in [0.15, 0.2) is 4.80 Å². The number of nitrogens with two attached hydrogens (primary N) is 1. The number of nitrogens with one attached hydrogen (secondary N) is 1. The molecule has 0 aliphatic rings. The summed E-state index contributed by atoms with van der Waals surface area (Å²) in [6, 6.07) is 23.5. The number of carbonyl (C=O) groups excluding carboxylic acids is 1. The first-order valence-electron chi connectivity index (χ1n) is 12.6. The fourth-order valence-electron chi connectivity index (χ4n) is 4.40. The summed E-state index contributed by atoms with van der Waals surface area (Å²) in [5, 5.41) is 5.83. The Morgan fingerprint density at radius 3 is 2.32 bits per heavy atom. The molecule has 0 saturated heterocycles. The molecule has 0 aliphatic heterocycles. The lowest BCUT2D eigenvalue weighted by Crippen LogP contribution is -2.32. The molecule has 0 aliphatic carbocycles. The summed E-state index contributed by atoms with van der Waals surface area (Å²) in [6.07, 6.45) is 2.89. The van der Waals surface area contributed by atoms with Crippen molar-refractivity contribution < 1.29 is 4.79 Å². The minimum Gasteiger partial charge on any atom is -0.340 e. The monoisotopic (exact) mass is 532 g/mol. The van der Waals surface area contributed by atoms with E-state index in [0.717, 1.165) is 52.0 Å². The molecule has 1 heterocycles. The number of halogens is 1. The number of nitrogens with zero attached hydrogens (tertiary/aromatic N) is 2. The molecule has 0 saturated carbocycles. The van der Waals surface area contributed by atoms with Crippen molar-refractivity contribution in [2.75, 3.05) is 6.54 Å². The molecule has 3 N–H and O–H groups in total. The van der Waals surface area contributed by atoms with Crippen LogP contribution in [0.3, 0.4) is 0 Å². The van der Waals surface area contributed by atoms with Gasteiger partial charge in [-0.15, -0.1) is 11.3 Å². The topological polar surface area (TPSA) is 72.4 Å². The Labute approximate surface area is 227 Å². The maximum Gasteiger partial charge on any atom is 0.269 e. The van der Waals surface area contributed by atoms with Crippen molar-refractivity contribution in [3.63, 3.8) is 0 Å². The molecular weight excluding hydrogens is 500 g/mol. The Morgan fingerprint density at radius 1 is 0.973 bits per heavy atom. The van der Waals surface area contributed by atoms with Crippen LogP contribution in [-0.4, -0.2) is 17.0 Å². The van der Waals surface area contributed by atoms with Crippen molar-refractivity contribution in [1.29, 1.82) is 0 Å². The van der Waals surface area contributed by atoms with Crippen LogP contribution in [0.4, 0.5) is 5.69 Å². The van der Waals surface area contributed by atoms with Crippen molar-refractivity contribution in [2.45, 2.75) is 45.7 Å². The van der Waals surface area contributed by atoms with E-state index >= 15 is 0 Å². The largest absolute Gasteiger partial charge is 0.340 e. The fraction of sp³-hybridized carbons (Fsp3) is 0.267. The number of thiazole rings is 1. The number of benzene rings is 3. The van der Waals surface area contributed by atoms with Crippen molar-refractivity contribution in [3.8, 4) is 0 Å². The van der Waals surface area contributed by atoms with E-state index in [1.54, 1.807) is 0 Å². The Kier molecular flexibility index (Phi) is 9.34. The van der Waals surface area contributed by atoms with Crippen molar-refractivity contribution in [3.05, 3.63) is 116 Å². The first kappa shape index (κ1) is 26.9. The smallest absolute Gasteiger partial charge is 0.269 e. The molecule has 1 atom stereocenters. The van der Waals surface area contributed by atoms with Crippen LogP contribution in [-0.2, 0) is 6.54 Å². The molecule has 3 aromatic carbocycles. The zero-order valence-electron chi connectivity index (χ0n) is 21.3. The predicted octanol–water partition coefficient (Wildman–Crippen LogP) is 6.70. The zero-order chi connectivity index (χ0) is 26.2. The predicted molar refractivity (Wildman–Crippen MR) is 154 cm³/mol. The van der Waals surface area contributed by atoms with Crippen LogP contribution in [0.2, 0.25) is 5.02 Å². The van der Waals surface area contributed by atoms with Gasteiger partial charge in [-0.25, -0.2) is 4.99 Å². The number of amides is 1. The molecule has 0 fully saturated rings. The second kappa shape index (κ2) is 12.9. The van der Waals surface area contributed by atoms with Gasteiger partial charge in [0, 0.05) is 16.9 Å². The summed E-state index contributed by atoms with van der Waals surface area (Å²) in [5.74, 6) is -0.138. The number of aryl methyl sites for hydroxylation is 2. The minimum atomic E-state index is -0.309. The Balaban J connectivity index is 1.70. The van der Waals surface area contributed by atoms with Gasteiger partial charge in [-0.3, -0.25) is 4.79 Å². The average Bonchev–Trinajstić information content (AvgIpc) is 3.28. The first-order valence-corrected chi connectivity index (χ1v) is 13.8. The van der Waals surface area contributed by atoms with E-state index in [0.29, 0.717) is 23.8 Å². The lowest BCUT2D eigenvalue weighted by Gasteiger charge is -2.20. The third kappa shape index (κ3) is 7.19. The lowest BCUT2D eigenvalue weighted by molar-refractivity contribution is 0.0933. The third-order valence-electron chi connectivity index (χ3n) is 6.16. The van der Waals surface area contributed by atoms with Crippen molar-refractivity contribution in [2.24, 2.45) is 10.7 Å². The summed E-state index contributed by atoms with van der Waals surface area (Å²) in [4.78, 5) is 19.5. The molecule has 7 heteroatoms. The summed E-state index contributed by atoms with van der Waals surface area (Å²) >= 11 is 7.63. The summed E-state index contributed by atoms with van der Waals surface area (Å²) in [7, 11) is 0. The summed E-state index contributed by atoms with van der Waals surface area (Å²) in [6.45, 7) is 5.51. The molecule has 0 spiro atoms. The van der Waals surface area contributed by atoms with Crippen LogP contribution < -0.4 is 15.9 Å². The van der Waals surface area contributed by atoms with Gasteiger partial charge in [0.05, 0.1) is 11.7 Å². The Morgan fingerprint density at radius 2 is 1.65 bits per heavy atom. The van der Waals surface area contributed by atoms with Gasteiger partial charge in [0.2, 0.25) is 0 Å². The van der Waals surface area contributed by atoms with Crippen molar-refractivity contribution >= 4 is 34.5 Å². The van der Waals surface area contributed by atoms with E-state index in [9.17, 15) is 4.79 Å². The molecule has 5 nitrogen and oxygen atoms in total. The van der Waals surface area contributed by atoms with E-state index in [-0.39, 0.29) is 11.9 Å². The van der Waals surface area contributed by atoms with Gasteiger partial charge in [-0.2, -0.15) is 0 Å². The van der Waals surface area contributed by atoms with Crippen LogP contribution in [0.15, 0.2) is 83.2 Å². The Bertz CT molecular complexity index is 1370. The zero-order valence-corrected chi connectivity index (χ0v) is 22.9. The molecule has 4 aromatic rings. The SMILES string of the molecule is Cc1cc(C)cc(N=c2scc(C(=O)NC(c3ccccc3)c3ccc(Cl)cc3)n2CCCCCN)c1. The van der Waals surface area contributed by atoms with E-state index in [4.69, 9.17) is 22.3 Å². The second-order valence-corrected chi connectivity index (χ2v) is 10.5. The third-order valence-corrected chi connectivity index (χ3v) is 7.27. The molecule has 0 radical (unpaired) electrons. The van der Waals surface area contributed by atoms with Crippen LogP contribution in [0.1, 0.15) is 58.0 Å². The number of unbranched alkanes of at least 4 members (excludes halogenated alkanes) is 2. The quantitative estimate of drug-likeness (QED) is 0.223. The average molecular weight is 533 g/mol. The molecule has 1 unspecified atom stereocenters. The fourth-order valence-corrected chi connectivity index (χ4v) is 5.45. The number of aromatic nitrogens is 1. The summed E-state index contributed by atoms with van der Waals surface area (Å²) < 4.78 is 2.04. The molecule has 1 amide bonds.